The summed E-state index contributed by atoms with van der Waals surface area (Å²) in [5, 5.41) is 1.97. The number of hydrogen-bond donors (Lipinski definition) is 0. The molecule has 0 aliphatic carbocycles. The number of rotatable bonds is 5. The predicted molar refractivity (Wildman–Crippen MR) is 107 cm³/mol. The van der Waals surface area contributed by atoms with Crippen LogP contribution in [0.5, 0.6) is 0 Å². The van der Waals surface area contributed by atoms with Crippen molar-refractivity contribution in [2.75, 3.05) is 13.6 Å². The predicted octanol–water partition coefficient (Wildman–Crippen LogP) is 3.12. The van der Waals surface area contributed by atoms with E-state index in [2.05, 4.69) is 4.98 Å². The number of carbonyl (C=O) groups excluding carboxylic acids is 2. The fraction of sp³-hybridized carbons (Fsp3) is 0.286. The summed E-state index contributed by atoms with van der Waals surface area (Å²) in [4.78, 5) is 34.3. The van der Waals surface area contributed by atoms with Gasteiger partial charge in [0.25, 0.3) is 0 Å². The lowest BCUT2D eigenvalue weighted by atomic mass is 10.0. The molecule has 28 heavy (non-hydrogen) atoms. The average molecular weight is 395 g/mol. The Morgan fingerprint density at radius 1 is 1.18 bits per heavy atom. The zero-order valence-corrected chi connectivity index (χ0v) is 16.6. The van der Waals surface area contributed by atoms with Gasteiger partial charge in [0.05, 0.1) is 18.0 Å². The molecule has 1 aliphatic rings. The second-order valence-electron chi connectivity index (χ2n) is 6.92. The Kier molecular flexibility index (Phi) is 5.00. The topological polar surface area (TPSA) is 66.7 Å². The third-order valence-electron chi connectivity index (χ3n) is 4.95. The first-order chi connectivity index (χ1) is 13.5. The van der Waals surface area contributed by atoms with E-state index >= 15 is 0 Å². The molecule has 1 aromatic carbocycles. The summed E-state index contributed by atoms with van der Waals surface area (Å²) in [6.45, 7) is 2.18. The van der Waals surface area contributed by atoms with Crippen LogP contribution in [0.1, 0.15) is 17.0 Å². The largest absolute Gasteiger partial charge is 0.440 e. The van der Waals surface area contributed by atoms with Gasteiger partial charge >= 0.3 is 0 Å². The number of aromatic nitrogens is 1. The molecular weight excluding hydrogens is 374 g/mol. The summed E-state index contributed by atoms with van der Waals surface area (Å²) in [7, 11) is 1.67. The van der Waals surface area contributed by atoms with Gasteiger partial charge in [-0.25, -0.2) is 4.98 Å². The molecule has 3 heterocycles. The van der Waals surface area contributed by atoms with E-state index in [9.17, 15) is 9.59 Å². The number of amides is 2. The zero-order chi connectivity index (χ0) is 19.7. The SMILES string of the molecule is Cc1oc(-c2cccs2)nc1CN1C(=O)CN(C)C(=O)[C@H]1Cc1ccccc1. The standard InChI is InChI=1S/C21H21N3O3S/c1-14-16(22-20(27-14)18-9-6-10-28-18)12-24-17(11-15-7-4-3-5-8-15)21(26)23(2)13-19(24)25/h3-10,17H,11-13H2,1-2H3/t17-/m1/s1. The molecule has 7 heteroatoms. The Balaban J connectivity index is 1.62. The molecule has 2 amide bonds. The number of nitrogens with zero attached hydrogens (tertiary/aromatic N) is 3. The molecule has 144 valence electrons. The highest BCUT2D eigenvalue weighted by Crippen LogP contribution is 2.27. The minimum absolute atomic E-state index is 0.0527. The monoisotopic (exact) mass is 395 g/mol. The summed E-state index contributed by atoms with van der Waals surface area (Å²) in [5.41, 5.74) is 1.71. The lowest BCUT2D eigenvalue weighted by Gasteiger charge is -2.38. The molecule has 1 aliphatic heterocycles. The van der Waals surface area contributed by atoms with Crippen molar-refractivity contribution in [3.05, 3.63) is 64.9 Å². The molecule has 4 rings (SSSR count). The van der Waals surface area contributed by atoms with Gasteiger partial charge in [0.2, 0.25) is 17.7 Å². The summed E-state index contributed by atoms with van der Waals surface area (Å²) in [5.74, 6) is 1.09. The number of oxazole rings is 1. The van der Waals surface area contributed by atoms with Crippen LogP contribution in [0.4, 0.5) is 0 Å². The highest BCUT2D eigenvalue weighted by molar-refractivity contribution is 7.13. The molecule has 0 unspecified atom stereocenters. The highest BCUT2D eigenvalue weighted by Gasteiger charge is 2.38. The number of thiophene rings is 1. The van der Waals surface area contributed by atoms with Crippen molar-refractivity contribution in [2.24, 2.45) is 0 Å². The molecular formula is C21H21N3O3S. The molecule has 1 saturated heterocycles. The van der Waals surface area contributed by atoms with E-state index in [0.717, 1.165) is 10.4 Å². The van der Waals surface area contributed by atoms with Crippen LogP contribution in [0.3, 0.4) is 0 Å². The van der Waals surface area contributed by atoms with E-state index in [4.69, 9.17) is 4.42 Å². The minimum atomic E-state index is -0.546. The van der Waals surface area contributed by atoms with Gasteiger partial charge < -0.3 is 14.2 Å². The van der Waals surface area contributed by atoms with Crippen LogP contribution in [0.25, 0.3) is 10.8 Å². The van der Waals surface area contributed by atoms with Gasteiger partial charge in [0.15, 0.2) is 0 Å². The Bertz CT molecular complexity index is 982. The van der Waals surface area contributed by atoms with Crippen molar-refractivity contribution in [3.63, 3.8) is 0 Å². The van der Waals surface area contributed by atoms with Gasteiger partial charge in [-0.05, 0) is 23.9 Å². The van der Waals surface area contributed by atoms with Crippen LogP contribution in [-0.4, -0.2) is 46.2 Å². The molecule has 6 nitrogen and oxygen atoms in total. The maximum Gasteiger partial charge on any atom is 0.245 e. The number of piperazine rings is 1. The van der Waals surface area contributed by atoms with Crippen molar-refractivity contribution >= 4 is 23.2 Å². The van der Waals surface area contributed by atoms with Crippen molar-refractivity contribution in [3.8, 4) is 10.8 Å². The van der Waals surface area contributed by atoms with Crippen LogP contribution in [-0.2, 0) is 22.6 Å². The van der Waals surface area contributed by atoms with Gasteiger partial charge in [-0.2, -0.15) is 0 Å². The second kappa shape index (κ2) is 7.59. The van der Waals surface area contributed by atoms with Gasteiger partial charge in [0.1, 0.15) is 17.5 Å². The number of aryl methyl sites for hydroxylation is 1. The maximum atomic E-state index is 12.8. The number of likely N-dealkylation sites (N-methyl/N-ethyl adjacent to an activating group) is 1. The average Bonchev–Trinajstić information content (AvgIpc) is 3.33. The van der Waals surface area contributed by atoms with E-state index in [-0.39, 0.29) is 24.9 Å². The first-order valence-corrected chi connectivity index (χ1v) is 9.99. The summed E-state index contributed by atoms with van der Waals surface area (Å²) in [6.07, 6.45) is 0.477. The maximum absolute atomic E-state index is 12.8. The fourth-order valence-corrected chi connectivity index (χ4v) is 4.06. The Morgan fingerprint density at radius 2 is 1.96 bits per heavy atom. The lowest BCUT2D eigenvalue weighted by Crippen LogP contribution is -2.59. The Morgan fingerprint density at radius 3 is 2.68 bits per heavy atom. The molecule has 0 spiro atoms. The van der Waals surface area contributed by atoms with Gasteiger partial charge in [0, 0.05) is 13.5 Å². The normalized spacial score (nSPS) is 17.4. The Hall–Kier alpha value is -2.93. The molecule has 0 radical (unpaired) electrons. The smallest absolute Gasteiger partial charge is 0.245 e. The van der Waals surface area contributed by atoms with Crippen molar-refractivity contribution < 1.29 is 14.0 Å². The van der Waals surface area contributed by atoms with Gasteiger partial charge in [-0.3, -0.25) is 9.59 Å². The summed E-state index contributed by atoms with van der Waals surface area (Å²) >= 11 is 1.55. The number of carbonyl (C=O) groups is 2. The van der Waals surface area contributed by atoms with Crippen molar-refractivity contribution in [2.45, 2.75) is 25.9 Å². The number of hydrogen-bond acceptors (Lipinski definition) is 5. The van der Waals surface area contributed by atoms with E-state index < -0.39 is 6.04 Å². The quantitative estimate of drug-likeness (QED) is 0.666. The second-order valence-corrected chi connectivity index (χ2v) is 7.87. The first kappa shape index (κ1) is 18.4. The molecule has 2 aromatic heterocycles. The molecule has 1 atom stereocenters. The third-order valence-corrected chi connectivity index (χ3v) is 5.80. The van der Waals surface area contributed by atoms with Crippen LogP contribution < -0.4 is 0 Å². The van der Waals surface area contributed by atoms with E-state index in [1.165, 1.54) is 4.90 Å². The molecule has 0 bridgehead atoms. The van der Waals surface area contributed by atoms with E-state index in [1.807, 2.05) is 54.8 Å². The van der Waals surface area contributed by atoms with E-state index in [0.29, 0.717) is 23.8 Å². The summed E-state index contributed by atoms with van der Waals surface area (Å²) in [6, 6.07) is 13.1. The van der Waals surface area contributed by atoms with Gasteiger partial charge in [-0.15, -0.1) is 11.3 Å². The van der Waals surface area contributed by atoms with Crippen molar-refractivity contribution in [1.29, 1.82) is 0 Å². The van der Waals surface area contributed by atoms with Crippen LogP contribution in [0.15, 0.2) is 52.3 Å². The zero-order valence-electron chi connectivity index (χ0n) is 15.8. The lowest BCUT2D eigenvalue weighted by molar-refractivity contribution is -0.155. The fourth-order valence-electron chi connectivity index (χ4n) is 3.41. The molecule has 1 fully saturated rings. The molecule has 0 N–H and O–H groups in total. The highest BCUT2D eigenvalue weighted by atomic mass is 32.1. The van der Waals surface area contributed by atoms with Crippen LogP contribution in [0.2, 0.25) is 0 Å². The first-order valence-electron chi connectivity index (χ1n) is 9.11. The van der Waals surface area contributed by atoms with Crippen LogP contribution in [0, 0.1) is 6.92 Å². The minimum Gasteiger partial charge on any atom is -0.440 e. The van der Waals surface area contributed by atoms with Crippen LogP contribution >= 0.6 is 11.3 Å². The van der Waals surface area contributed by atoms with Crippen molar-refractivity contribution in [1.82, 2.24) is 14.8 Å². The molecule has 3 aromatic rings. The van der Waals surface area contributed by atoms with Gasteiger partial charge in [-0.1, -0.05) is 36.4 Å². The summed E-state index contributed by atoms with van der Waals surface area (Å²) < 4.78 is 5.80. The number of benzene rings is 1. The molecule has 0 saturated carbocycles. The van der Waals surface area contributed by atoms with E-state index in [1.54, 1.807) is 23.3 Å². The Labute approximate surface area is 167 Å². The third kappa shape index (κ3) is 3.57.